The maximum absolute atomic E-state index is 5.96. The van der Waals surface area contributed by atoms with Crippen molar-refractivity contribution in [1.82, 2.24) is 10.2 Å². The number of nitrogens with two attached hydrogens (primary N) is 1. The molecule has 1 aliphatic heterocycles. The van der Waals surface area contributed by atoms with Crippen LogP contribution in [0.25, 0.3) is 0 Å². The molecule has 74 valence electrons. The van der Waals surface area contributed by atoms with Crippen LogP contribution in [0.5, 0.6) is 0 Å². The van der Waals surface area contributed by atoms with Gasteiger partial charge in [-0.15, -0.1) is 12.4 Å². The van der Waals surface area contributed by atoms with E-state index in [1.165, 1.54) is 0 Å². The van der Waals surface area contributed by atoms with Gasteiger partial charge in [0.15, 0.2) is 0 Å². The fourth-order valence-corrected chi connectivity index (χ4v) is 1.61. The van der Waals surface area contributed by atoms with Gasteiger partial charge in [-0.3, -0.25) is 0 Å². The summed E-state index contributed by atoms with van der Waals surface area (Å²) in [4.78, 5) is 2.21. The standard InChI is InChI=1S/C8H19N3.ClH/c1-11(2)6-7-5-10-4-3-8(7)9;/h7-8,10H,3-6,9H2,1-2H3;1H. The smallest absolute Gasteiger partial charge is 0.0104 e. The summed E-state index contributed by atoms with van der Waals surface area (Å²) in [5.41, 5.74) is 5.96. The van der Waals surface area contributed by atoms with Gasteiger partial charge >= 0.3 is 0 Å². The van der Waals surface area contributed by atoms with E-state index < -0.39 is 0 Å². The van der Waals surface area contributed by atoms with E-state index in [1.807, 2.05) is 0 Å². The van der Waals surface area contributed by atoms with Crippen LogP contribution < -0.4 is 11.1 Å². The summed E-state index contributed by atoms with van der Waals surface area (Å²) in [5, 5.41) is 3.36. The molecular weight excluding hydrogens is 174 g/mol. The van der Waals surface area contributed by atoms with Gasteiger partial charge in [0.2, 0.25) is 0 Å². The van der Waals surface area contributed by atoms with E-state index in [4.69, 9.17) is 5.73 Å². The Kier molecular flexibility index (Phi) is 5.84. The first-order valence-electron chi connectivity index (χ1n) is 4.31. The Labute approximate surface area is 81.1 Å². The Morgan fingerprint density at radius 1 is 1.50 bits per heavy atom. The average Bonchev–Trinajstić information content (AvgIpc) is 1.93. The molecule has 0 amide bonds. The SMILES string of the molecule is CN(C)CC1CNCCC1N.Cl. The fourth-order valence-electron chi connectivity index (χ4n) is 1.61. The summed E-state index contributed by atoms with van der Waals surface area (Å²) in [6.07, 6.45) is 1.12. The van der Waals surface area contributed by atoms with Gasteiger partial charge in [-0.25, -0.2) is 0 Å². The number of nitrogens with one attached hydrogen (secondary N) is 1. The van der Waals surface area contributed by atoms with E-state index in [1.54, 1.807) is 0 Å². The zero-order valence-electron chi connectivity index (χ0n) is 7.92. The van der Waals surface area contributed by atoms with E-state index in [-0.39, 0.29) is 12.4 Å². The Morgan fingerprint density at radius 3 is 2.67 bits per heavy atom. The lowest BCUT2D eigenvalue weighted by atomic mass is 9.94. The molecule has 2 atom stereocenters. The lowest BCUT2D eigenvalue weighted by molar-refractivity contribution is 0.248. The Balaban J connectivity index is 0.00000121. The van der Waals surface area contributed by atoms with Gasteiger partial charge in [0.25, 0.3) is 0 Å². The third-order valence-corrected chi connectivity index (χ3v) is 2.27. The Bertz CT molecular complexity index is 119. The summed E-state index contributed by atoms with van der Waals surface area (Å²) in [6.45, 7) is 3.28. The Morgan fingerprint density at radius 2 is 2.17 bits per heavy atom. The molecule has 0 spiro atoms. The van der Waals surface area contributed by atoms with Crippen molar-refractivity contribution in [2.75, 3.05) is 33.7 Å². The molecule has 0 radical (unpaired) electrons. The number of rotatable bonds is 2. The van der Waals surface area contributed by atoms with Crippen molar-refractivity contribution in [3.05, 3.63) is 0 Å². The lowest BCUT2D eigenvalue weighted by Gasteiger charge is -2.31. The first kappa shape index (κ1) is 12.2. The molecular formula is C8H20ClN3. The molecule has 12 heavy (non-hydrogen) atoms. The number of nitrogens with zero attached hydrogens (tertiary/aromatic N) is 1. The molecule has 1 rings (SSSR count). The van der Waals surface area contributed by atoms with Crippen molar-refractivity contribution >= 4 is 12.4 Å². The maximum atomic E-state index is 5.96. The third-order valence-electron chi connectivity index (χ3n) is 2.27. The molecule has 0 aromatic rings. The normalized spacial score (nSPS) is 30.0. The minimum atomic E-state index is 0. The number of halogens is 1. The quantitative estimate of drug-likeness (QED) is 0.644. The first-order valence-corrected chi connectivity index (χ1v) is 4.31. The predicted molar refractivity (Wildman–Crippen MR) is 54.8 cm³/mol. The summed E-state index contributed by atoms with van der Waals surface area (Å²) in [5.74, 6) is 0.638. The number of piperidine rings is 1. The first-order chi connectivity index (χ1) is 5.20. The zero-order valence-corrected chi connectivity index (χ0v) is 8.73. The van der Waals surface area contributed by atoms with Crippen molar-refractivity contribution in [2.45, 2.75) is 12.5 Å². The van der Waals surface area contributed by atoms with Crippen molar-refractivity contribution in [3.63, 3.8) is 0 Å². The molecule has 0 aromatic carbocycles. The molecule has 1 saturated heterocycles. The van der Waals surface area contributed by atoms with Crippen LogP contribution in [-0.4, -0.2) is 44.7 Å². The molecule has 1 aliphatic rings. The van der Waals surface area contributed by atoms with Gasteiger partial charge in [0, 0.05) is 19.1 Å². The molecule has 2 unspecified atom stereocenters. The van der Waals surface area contributed by atoms with Crippen LogP contribution in [0.3, 0.4) is 0 Å². The van der Waals surface area contributed by atoms with E-state index in [0.29, 0.717) is 12.0 Å². The second-order valence-electron chi connectivity index (χ2n) is 3.68. The largest absolute Gasteiger partial charge is 0.327 e. The highest BCUT2D eigenvalue weighted by atomic mass is 35.5. The van der Waals surface area contributed by atoms with Crippen molar-refractivity contribution < 1.29 is 0 Å². The van der Waals surface area contributed by atoms with Gasteiger partial charge < -0.3 is 16.0 Å². The number of hydrogen-bond acceptors (Lipinski definition) is 3. The van der Waals surface area contributed by atoms with Gasteiger partial charge in [-0.1, -0.05) is 0 Å². The predicted octanol–water partition coefficient (Wildman–Crippen LogP) is -0.0934. The van der Waals surface area contributed by atoms with Crippen molar-refractivity contribution in [1.29, 1.82) is 0 Å². The summed E-state index contributed by atoms with van der Waals surface area (Å²) >= 11 is 0. The van der Waals surface area contributed by atoms with E-state index >= 15 is 0 Å². The van der Waals surface area contributed by atoms with Gasteiger partial charge in [0.05, 0.1) is 0 Å². The fraction of sp³-hybridized carbons (Fsp3) is 1.00. The molecule has 0 bridgehead atoms. The lowest BCUT2D eigenvalue weighted by Crippen LogP contribution is -2.48. The van der Waals surface area contributed by atoms with Crippen LogP contribution in [0.15, 0.2) is 0 Å². The highest BCUT2D eigenvalue weighted by Gasteiger charge is 2.21. The second-order valence-corrected chi connectivity index (χ2v) is 3.68. The zero-order chi connectivity index (χ0) is 8.27. The highest BCUT2D eigenvalue weighted by molar-refractivity contribution is 5.85. The van der Waals surface area contributed by atoms with E-state index in [2.05, 4.69) is 24.3 Å². The van der Waals surface area contributed by atoms with Gasteiger partial charge in [0.1, 0.15) is 0 Å². The summed E-state index contributed by atoms with van der Waals surface area (Å²) in [6, 6.07) is 0.402. The van der Waals surface area contributed by atoms with E-state index in [9.17, 15) is 0 Å². The van der Waals surface area contributed by atoms with Crippen LogP contribution in [-0.2, 0) is 0 Å². The molecule has 0 aliphatic carbocycles. The number of hydrogen-bond donors (Lipinski definition) is 2. The van der Waals surface area contributed by atoms with Crippen LogP contribution in [0.2, 0.25) is 0 Å². The molecule has 1 heterocycles. The van der Waals surface area contributed by atoms with Crippen LogP contribution in [0.1, 0.15) is 6.42 Å². The molecule has 4 heteroatoms. The summed E-state index contributed by atoms with van der Waals surface area (Å²) in [7, 11) is 4.20. The monoisotopic (exact) mass is 193 g/mol. The second kappa shape index (κ2) is 5.75. The maximum Gasteiger partial charge on any atom is 0.0104 e. The molecule has 1 fully saturated rings. The molecule has 0 aromatic heterocycles. The molecule has 0 saturated carbocycles. The van der Waals surface area contributed by atoms with Crippen LogP contribution in [0, 0.1) is 5.92 Å². The topological polar surface area (TPSA) is 41.3 Å². The van der Waals surface area contributed by atoms with E-state index in [0.717, 1.165) is 26.1 Å². The molecule has 3 nitrogen and oxygen atoms in total. The summed E-state index contributed by atoms with van der Waals surface area (Å²) < 4.78 is 0. The average molecular weight is 194 g/mol. The Hall–Kier alpha value is 0.170. The van der Waals surface area contributed by atoms with Crippen molar-refractivity contribution in [3.8, 4) is 0 Å². The molecule has 3 N–H and O–H groups in total. The van der Waals surface area contributed by atoms with Gasteiger partial charge in [-0.2, -0.15) is 0 Å². The third kappa shape index (κ3) is 3.72. The minimum absolute atomic E-state index is 0. The van der Waals surface area contributed by atoms with Crippen LogP contribution >= 0.6 is 12.4 Å². The van der Waals surface area contributed by atoms with Crippen molar-refractivity contribution in [2.24, 2.45) is 11.7 Å². The minimum Gasteiger partial charge on any atom is -0.327 e. The van der Waals surface area contributed by atoms with Crippen LogP contribution in [0.4, 0.5) is 0 Å². The highest BCUT2D eigenvalue weighted by Crippen LogP contribution is 2.09. The van der Waals surface area contributed by atoms with Gasteiger partial charge in [-0.05, 0) is 33.0 Å².